The maximum absolute atomic E-state index is 13.4. The predicted octanol–water partition coefficient (Wildman–Crippen LogP) is 4.17. The van der Waals surface area contributed by atoms with Crippen LogP contribution in [0, 0.1) is 5.82 Å². The van der Waals surface area contributed by atoms with E-state index >= 15 is 0 Å². The molecule has 2 aromatic rings. The third-order valence-electron chi connectivity index (χ3n) is 2.69. The Morgan fingerprint density at radius 3 is 2.86 bits per heavy atom. The molecule has 0 fully saturated rings. The van der Waals surface area contributed by atoms with E-state index in [0.29, 0.717) is 21.7 Å². The van der Waals surface area contributed by atoms with Crippen LogP contribution >= 0.6 is 39.3 Å². The lowest BCUT2D eigenvalue weighted by atomic mass is 10.3. The number of nitrogens with zero attached hydrogens (tertiary/aromatic N) is 2. The second kappa shape index (κ2) is 6.81. The molecule has 4 nitrogen and oxygen atoms in total. The number of thioether (sulfide) groups is 1. The van der Waals surface area contributed by atoms with Gasteiger partial charge in [0, 0.05) is 16.4 Å². The Bertz CT molecular complexity index is 670. The smallest absolute Gasteiger partial charge is 0.313 e. The van der Waals surface area contributed by atoms with Crippen molar-refractivity contribution in [3.8, 4) is 5.69 Å². The molecular weight excluding hydrogens is 383 g/mol. The van der Waals surface area contributed by atoms with Crippen molar-refractivity contribution in [2.24, 2.45) is 0 Å². The van der Waals surface area contributed by atoms with Gasteiger partial charge in [-0.05, 0) is 34.5 Å². The molecule has 21 heavy (non-hydrogen) atoms. The lowest BCUT2D eigenvalue weighted by Crippen LogP contribution is -2.05. The molecule has 2 rings (SSSR count). The van der Waals surface area contributed by atoms with Crippen molar-refractivity contribution in [2.45, 2.75) is 18.5 Å². The average molecular weight is 394 g/mol. The Morgan fingerprint density at radius 2 is 2.29 bits per heavy atom. The molecule has 1 aromatic heterocycles. The number of carboxylic acid groups (broad SMARTS) is 1. The van der Waals surface area contributed by atoms with Crippen molar-refractivity contribution >= 4 is 45.3 Å². The number of benzene rings is 1. The normalized spacial score (nSPS) is 10.9. The van der Waals surface area contributed by atoms with Gasteiger partial charge in [0.25, 0.3) is 0 Å². The topological polar surface area (TPSA) is 55.1 Å². The number of aryl methyl sites for hydroxylation is 1. The Kier molecular flexibility index (Phi) is 5.29. The summed E-state index contributed by atoms with van der Waals surface area (Å²) < 4.78 is 15.6. The molecule has 0 atom stereocenters. The summed E-state index contributed by atoms with van der Waals surface area (Å²) in [6, 6.07) is 2.53. The second-order valence-corrected chi connectivity index (χ2v) is 6.33. The summed E-state index contributed by atoms with van der Waals surface area (Å²) in [4.78, 5) is 15.0. The first-order valence-corrected chi connectivity index (χ1v) is 8.15. The first-order valence-electron chi connectivity index (χ1n) is 6.00. The van der Waals surface area contributed by atoms with Crippen LogP contribution in [-0.4, -0.2) is 26.4 Å². The molecule has 0 aliphatic rings. The standard InChI is InChI=1S/C13H11BrClFN2O2S/c1-2-8-5-17-13(21-6-11(19)20)18(8)12-9(14)3-7(16)4-10(12)15/h3-5H,2,6H2,1H3,(H,19,20). The summed E-state index contributed by atoms with van der Waals surface area (Å²) in [5.74, 6) is -1.50. The van der Waals surface area contributed by atoms with Crippen LogP contribution in [-0.2, 0) is 11.2 Å². The molecule has 1 N–H and O–H groups in total. The van der Waals surface area contributed by atoms with Crippen molar-refractivity contribution in [3.05, 3.63) is 39.3 Å². The van der Waals surface area contributed by atoms with E-state index in [1.54, 1.807) is 10.8 Å². The third kappa shape index (κ3) is 3.59. The number of halogens is 3. The molecule has 1 heterocycles. The molecule has 0 amide bonds. The van der Waals surface area contributed by atoms with E-state index < -0.39 is 11.8 Å². The van der Waals surface area contributed by atoms with E-state index in [1.807, 2.05) is 6.92 Å². The molecule has 0 bridgehead atoms. The summed E-state index contributed by atoms with van der Waals surface area (Å²) in [5.41, 5.74) is 1.41. The zero-order chi connectivity index (χ0) is 15.6. The zero-order valence-electron chi connectivity index (χ0n) is 10.9. The van der Waals surface area contributed by atoms with Crippen molar-refractivity contribution in [2.75, 3.05) is 5.75 Å². The summed E-state index contributed by atoms with van der Waals surface area (Å²) in [6.45, 7) is 1.95. The molecule has 1 aromatic carbocycles. The summed E-state index contributed by atoms with van der Waals surface area (Å²) in [6.07, 6.45) is 2.34. The molecule has 8 heteroatoms. The number of rotatable bonds is 5. The molecule has 0 aliphatic carbocycles. The van der Waals surface area contributed by atoms with Crippen LogP contribution < -0.4 is 0 Å². The quantitative estimate of drug-likeness (QED) is 0.775. The average Bonchev–Trinajstić information content (AvgIpc) is 2.78. The van der Waals surface area contributed by atoms with Crippen molar-refractivity contribution < 1.29 is 14.3 Å². The van der Waals surface area contributed by atoms with E-state index in [4.69, 9.17) is 16.7 Å². The maximum atomic E-state index is 13.4. The lowest BCUT2D eigenvalue weighted by Gasteiger charge is -2.14. The minimum atomic E-state index is -0.933. The number of carbonyl (C=O) groups is 1. The van der Waals surface area contributed by atoms with Gasteiger partial charge < -0.3 is 5.11 Å². The summed E-state index contributed by atoms with van der Waals surface area (Å²) in [5, 5.41) is 9.53. The predicted molar refractivity (Wildman–Crippen MR) is 84.0 cm³/mol. The van der Waals surface area contributed by atoms with Crippen LogP contribution in [0.1, 0.15) is 12.6 Å². The number of carboxylic acids is 1. The zero-order valence-corrected chi connectivity index (χ0v) is 14.1. The fraction of sp³-hybridized carbons (Fsp3) is 0.231. The highest BCUT2D eigenvalue weighted by Gasteiger charge is 2.18. The first kappa shape index (κ1) is 16.3. The van der Waals surface area contributed by atoms with E-state index in [9.17, 15) is 9.18 Å². The van der Waals surface area contributed by atoms with Gasteiger partial charge in [0.15, 0.2) is 5.16 Å². The second-order valence-electron chi connectivity index (χ2n) is 4.12. The van der Waals surface area contributed by atoms with Crippen LogP contribution in [0.2, 0.25) is 5.02 Å². The Hall–Kier alpha value is -1.05. The number of hydrogen-bond donors (Lipinski definition) is 1. The minimum absolute atomic E-state index is 0.114. The number of hydrogen-bond acceptors (Lipinski definition) is 3. The summed E-state index contributed by atoms with van der Waals surface area (Å²) in [7, 11) is 0. The Balaban J connectivity index is 2.56. The van der Waals surface area contributed by atoms with Gasteiger partial charge in [-0.2, -0.15) is 0 Å². The van der Waals surface area contributed by atoms with Crippen LogP contribution in [0.3, 0.4) is 0 Å². The van der Waals surface area contributed by atoms with E-state index in [1.165, 1.54) is 12.1 Å². The molecule has 0 unspecified atom stereocenters. The van der Waals surface area contributed by atoms with E-state index in [-0.39, 0.29) is 10.8 Å². The fourth-order valence-electron chi connectivity index (χ4n) is 1.83. The van der Waals surface area contributed by atoms with Crippen molar-refractivity contribution in [1.82, 2.24) is 9.55 Å². The van der Waals surface area contributed by atoms with Gasteiger partial charge in [-0.1, -0.05) is 30.3 Å². The minimum Gasteiger partial charge on any atom is -0.481 e. The number of aromatic nitrogens is 2. The number of aliphatic carboxylic acids is 1. The maximum Gasteiger partial charge on any atom is 0.313 e. The van der Waals surface area contributed by atoms with Crippen LogP contribution in [0.5, 0.6) is 0 Å². The molecule has 0 radical (unpaired) electrons. The third-order valence-corrected chi connectivity index (χ3v) is 4.52. The van der Waals surface area contributed by atoms with Gasteiger partial charge in [0.2, 0.25) is 0 Å². The van der Waals surface area contributed by atoms with Crippen LogP contribution in [0.15, 0.2) is 28.0 Å². The highest BCUT2D eigenvalue weighted by molar-refractivity contribution is 9.10. The molecule has 112 valence electrons. The van der Waals surface area contributed by atoms with Crippen LogP contribution in [0.4, 0.5) is 4.39 Å². The molecular formula is C13H11BrClFN2O2S. The number of imidazole rings is 1. The molecule has 0 spiro atoms. The van der Waals surface area contributed by atoms with E-state index in [2.05, 4.69) is 20.9 Å². The van der Waals surface area contributed by atoms with E-state index in [0.717, 1.165) is 17.5 Å². The monoisotopic (exact) mass is 392 g/mol. The van der Waals surface area contributed by atoms with Gasteiger partial charge in [0.05, 0.1) is 16.5 Å². The SMILES string of the molecule is CCc1cnc(SCC(=O)O)n1-c1c(Cl)cc(F)cc1Br. The van der Waals surface area contributed by atoms with Gasteiger partial charge >= 0.3 is 5.97 Å². The highest BCUT2D eigenvalue weighted by atomic mass is 79.9. The molecule has 0 aliphatic heterocycles. The highest BCUT2D eigenvalue weighted by Crippen LogP contribution is 2.34. The Labute approximate surface area is 138 Å². The first-order chi connectivity index (χ1) is 9.93. The van der Waals surface area contributed by atoms with Crippen molar-refractivity contribution in [1.29, 1.82) is 0 Å². The van der Waals surface area contributed by atoms with Gasteiger partial charge in [-0.25, -0.2) is 9.37 Å². The fourth-order valence-corrected chi connectivity index (χ4v) is 3.56. The van der Waals surface area contributed by atoms with Crippen LogP contribution in [0.25, 0.3) is 5.69 Å². The largest absolute Gasteiger partial charge is 0.481 e. The van der Waals surface area contributed by atoms with Crippen molar-refractivity contribution in [3.63, 3.8) is 0 Å². The summed E-state index contributed by atoms with van der Waals surface area (Å²) >= 11 is 10.5. The van der Waals surface area contributed by atoms with Gasteiger partial charge in [0.1, 0.15) is 5.82 Å². The molecule has 0 saturated heterocycles. The van der Waals surface area contributed by atoms with Gasteiger partial charge in [-0.15, -0.1) is 0 Å². The molecule has 0 saturated carbocycles. The Morgan fingerprint density at radius 1 is 1.57 bits per heavy atom. The van der Waals surface area contributed by atoms with Gasteiger partial charge in [-0.3, -0.25) is 9.36 Å². The lowest BCUT2D eigenvalue weighted by molar-refractivity contribution is -0.133.